The highest BCUT2D eigenvalue weighted by Gasteiger charge is 2.16. The number of carbonyl (C=O) groups excluding carboxylic acids is 1. The Morgan fingerprint density at radius 3 is 2.87 bits per heavy atom. The number of thioether (sulfide) groups is 1. The second-order valence-electron chi connectivity index (χ2n) is 4.80. The van der Waals surface area contributed by atoms with E-state index < -0.39 is 0 Å². The van der Waals surface area contributed by atoms with E-state index in [1.807, 2.05) is 54.8 Å². The zero-order valence-electron chi connectivity index (χ0n) is 12.4. The van der Waals surface area contributed by atoms with Crippen LogP contribution in [0.25, 0.3) is 10.7 Å². The van der Waals surface area contributed by atoms with Crippen molar-refractivity contribution >= 4 is 34.7 Å². The minimum Gasteiger partial charge on any atom is -0.338 e. The summed E-state index contributed by atoms with van der Waals surface area (Å²) in [7, 11) is 0. The maximum Gasteiger partial charge on any atom is 0.237 e. The van der Waals surface area contributed by atoms with Crippen LogP contribution in [0.4, 0.5) is 5.69 Å². The standard InChI is InChI=1S/C16H15N3O2S2/c1-11(16(20)17-12-6-3-2-4-7-12)23-10-14-18-15(19-21-14)13-8-5-9-22-13/h2-9,11H,10H2,1H3,(H,17,20)/t11-/m1/s1. The van der Waals surface area contributed by atoms with Gasteiger partial charge in [0.2, 0.25) is 17.6 Å². The van der Waals surface area contributed by atoms with Gasteiger partial charge >= 0.3 is 0 Å². The van der Waals surface area contributed by atoms with Gasteiger partial charge in [-0.1, -0.05) is 29.4 Å². The zero-order chi connectivity index (χ0) is 16.1. The molecule has 0 fully saturated rings. The maximum atomic E-state index is 12.1. The minimum absolute atomic E-state index is 0.0424. The number of thiophene rings is 1. The molecule has 0 saturated heterocycles. The molecule has 23 heavy (non-hydrogen) atoms. The van der Waals surface area contributed by atoms with Crippen LogP contribution < -0.4 is 5.32 Å². The van der Waals surface area contributed by atoms with Gasteiger partial charge in [-0.2, -0.15) is 4.98 Å². The molecule has 3 aromatic rings. The third-order valence-electron chi connectivity index (χ3n) is 3.08. The van der Waals surface area contributed by atoms with Crippen LogP contribution in [0.2, 0.25) is 0 Å². The molecule has 1 amide bonds. The molecule has 0 aliphatic rings. The SMILES string of the molecule is C[C@@H](SCc1nc(-c2cccs2)no1)C(=O)Nc1ccccc1. The van der Waals surface area contributed by atoms with Crippen LogP contribution in [-0.4, -0.2) is 21.3 Å². The smallest absolute Gasteiger partial charge is 0.237 e. The van der Waals surface area contributed by atoms with E-state index in [4.69, 9.17) is 4.52 Å². The summed E-state index contributed by atoms with van der Waals surface area (Å²) >= 11 is 3.03. The maximum absolute atomic E-state index is 12.1. The monoisotopic (exact) mass is 345 g/mol. The van der Waals surface area contributed by atoms with E-state index in [0.29, 0.717) is 17.5 Å². The summed E-state index contributed by atoms with van der Waals surface area (Å²) in [5.41, 5.74) is 0.794. The van der Waals surface area contributed by atoms with Gasteiger partial charge in [0.05, 0.1) is 15.9 Å². The Balaban J connectivity index is 1.52. The molecule has 5 nitrogen and oxygen atoms in total. The van der Waals surface area contributed by atoms with Crippen molar-refractivity contribution in [3.8, 4) is 10.7 Å². The highest BCUT2D eigenvalue weighted by atomic mass is 32.2. The van der Waals surface area contributed by atoms with Crippen LogP contribution in [-0.2, 0) is 10.5 Å². The average molecular weight is 345 g/mol. The Hall–Kier alpha value is -2.12. The van der Waals surface area contributed by atoms with E-state index in [1.54, 1.807) is 11.3 Å². The van der Waals surface area contributed by atoms with Crippen LogP contribution in [0.1, 0.15) is 12.8 Å². The zero-order valence-corrected chi connectivity index (χ0v) is 14.1. The fourth-order valence-corrected chi connectivity index (χ4v) is 3.23. The van der Waals surface area contributed by atoms with Crippen molar-refractivity contribution in [3.63, 3.8) is 0 Å². The molecule has 2 aromatic heterocycles. The lowest BCUT2D eigenvalue weighted by Gasteiger charge is -2.10. The molecule has 2 heterocycles. The van der Waals surface area contributed by atoms with Gasteiger partial charge in [0.15, 0.2) is 0 Å². The van der Waals surface area contributed by atoms with E-state index in [1.165, 1.54) is 11.8 Å². The lowest BCUT2D eigenvalue weighted by Crippen LogP contribution is -2.22. The summed E-state index contributed by atoms with van der Waals surface area (Å²) in [6.07, 6.45) is 0. The summed E-state index contributed by atoms with van der Waals surface area (Å²) in [5.74, 6) is 1.58. The molecule has 0 unspecified atom stereocenters. The number of carbonyl (C=O) groups is 1. The van der Waals surface area contributed by atoms with Crippen molar-refractivity contribution in [2.75, 3.05) is 5.32 Å². The molecule has 0 saturated carbocycles. The van der Waals surface area contributed by atoms with Gasteiger partial charge in [-0.25, -0.2) is 0 Å². The van der Waals surface area contributed by atoms with E-state index in [0.717, 1.165) is 10.6 Å². The molecule has 1 N–H and O–H groups in total. The average Bonchev–Trinajstić information content (AvgIpc) is 3.24. The van der Waals surface area contributed by atoms with E-state index in [2.05, 4.69) is 15.5 Å². The van der Waals surface area contributed by atoms with Gasteiger partial charge in [-0.05, 0) is 30.5 Å². The van der Waals surface area contributed by atoms with Crippen molar-refractivity contribution in [3.05, 3.63) is 53.7 Å². The number of rotatable bonds is 6. The van der Waals surface area contributed by atoms with Gasteiger partial charge in [0.1, 0.15) is 0 Å². The van der Waals surface area contributed by atoms with Crippen molar-refractivity contribution in [1.82, 2.24) is 10.1 Å². The Morgan fingerprint density at radius 2 is 2.13 bits per heavy atom. The van der Waals surface area contributed by atoms with Crippen molar-refractivity contribution in [1.29, 1.82) is 0 Å². The van der Waals surface area contributed by atoms with Crippen LogP contribution >= 0.6 is 23.1 Å². The fraction of sp³-hybridized carbons (Fsp3) is 0.188. The van der Waals surface area contributed by atoms with Crippen molar-refractivity contribution < 1.29 is 9.32 Å². The topological polar surface area (TPSA) is 68.0 Å². The number of hydrogen-bond donors (Lipinski definition) is 1. The van der Waals surface area contributed by atoms with Crippen LogP contribution in [0.3, 0.4) is 0 Å². The molecule has 0 aliphatic carbocycles. The first-order valence-corrected chi connectivity index (χ1v) is 8.99. The van der Waals surface area contributed by atoms with E-state index >= 15 is 0 Å². The summed E-state index contributed by atoms with van der Waals surface area (Å²) < 4.78 is 5.23. The molecule has 0 bridgehead atoms. The number of anilines is 1. The minimum atomic E-state index is -0.215. The molecule has 7 heteroatoms. The second-order valence-corrected chi connectivity index (χ2v) is 7.07. The Kier molecular flexibility index (Phi) is 5.09. The molecule has 3 rings (SSSR count). The molecular weight excluding hydrogens is 330 g/mol. The molecule has 1 aromatic carbocycles. The Labute approximate surface area is 142 Å². The Morgan fingerprint density at radius 1 is 1.30 bits per heavy atom. The lowest BCUT2D eigenvalue weighted by molar-refractivity contribution is -0.115. The number of aromatic nitrogens is 2. The summed E-state index contributed by atoms with van der Waals surface area (Å²) in [6.45, 7) is 1.86. The Bertz CT molecular complexity index is 757. The summed E-state index contributed by atoms with van der Waals surface area (Å²) in [6, 6.07) is 13.3. The number of nitrogens with one attached hydrogen (secondary N) is 1. The van der Waals surface area contributed by atoms with E-state index in [9.17, 15) is 4.79 Å². The summed E-state index contributed by atoms with van der Waals surface area (Å²) in [5, 5.41) is 8.59. The van der Waals surface area contributed by atoms with Crippen LogP contribution in [0.15, 0.2) is 52.4 Å². The largest absolute Gasteiger partial charge is 0.338 e. The van der Waals surface area contributed by atoms with Crippen molar-refractivity contribution in [2.45, 2.75) is 17.9 Å². The second kappa shape index (κ2) is 7.43. The van der Waals surface area contributed by atoms with Gasteiger partial charge in [-0.3, -0.25) is 4.79 Å². The third-order valence-corrected chi connectivity index (χ3v) is 5.07. The number of hydrogen-bond acceptors (Lipinski definition) is 6. The molecule has 0 spiro atoms. The molecule has 1 atom stereocenters. The van der Waals surface area contributed by atoms with Crippen LogP contribution in [0, 0.1) is 0 Å². The highest BCUT2D eigenvalue weighted by Crippen LogP contribution is 2.24. The predicted octanol–water partition coefficient (Wildman–Crippen LogP) is 4.06. The first-order valence-electron chi connectivity index (χ1n) is 7.06. The quantitative estimate of drug-likeness (QED) is 0.730. The fourth-order valence-electron chi connectivity index (χ4n) is 1.86. The first-order chi connectivity index (χ1) is 11.2. The molecule has 0 aliphatic heterocycles. The molecule has 0 radical (unpaired) electrons. The first kappa shape index (κ1) is 15.8. The van der Waals surface area contributed by atoms with Crippen LogP contribution in [0.5, 0.6) is 0 Å². The van der Waals surface area contributed by atoms with Gasteiger partial charge < -0.3 is 9.84 Å². The number of para-hydroxylation sites is 1. The third kappa shape index (κ3) is 4.20. The highest BCUT2D eigenvalue weighted by molar-refractivity contribution is 7.99. The van der Waals surface area contributed by atoms with Gasteiger partial charge in [0.25, 0.3) is 0 Å². The summed E-state index contributed by atoms with van der Waals surface area (Å²) in [4.78, 5) is 17.4. The van der Waals surface area contributed by atoms with Gasteiger partial charge in [0, 0.05) is 5.69 Å². The number of nitrogens with zero attached hydrogens (tertiary/aromatic N) is 2. The van der Waals surface area contributed by atoms with E-state index in [-0.39, 0.29) is 11.2 Å². The normalized spacial score (nSPS) is 12.0. The molecule has 118 valence electrons. The van der Waals surface area contributed by atoms with Crippen molar-refractivity contribution in [2.24, 2.45) is 0 Å². The molecular formula is C16H15N3O2S2. The van der Waals surface area contributed by atoms with Gasteiger partial charge in [-0.15, -0.1) is 23.1 Å². The number of benzene rings is 1. The predicted molar refractivity (Wildman–Crippen MR) is 93.4 cm³/mol. The number of amides is 1. The lowest BCUT2D eigenvalue weighted by atomic mass is 10.3.